The largest absolute Gasteiger partial charge is 0.492 e. The second-order valence-corrected chi connectivity index (χ2v) is 9.08. The molecule has 0 fully saturated rings. The fourth-order valence-corrected chi connectivity index (χ4v) is 5.84. The van der Waals surface area contributed by atoms with E-state index >= 15 is 0 Å². The van der Waals surface area contributed by atoms with Crippen molar-refractivity contribution in [3.8, 4) is 5.75 Å². The van der Waals surface area contributed by atoms with E-state index in [1.54, 1.807) is 0 Å². The summed E-state index contributed by atoms with van der Waals surface area (Å²) < 4.78 is 11.1. The molecule has 1 aliphatic rings. The maximum absolute atomic E-state index is 12.2. The van der Waals surface area contributed by atoms with E-state index in [1.165, 1.54) is 20.9 Å². The molecule has 0 saturated carbocycles. The average molecular weight is 428 g/mol. The van der Waals surface area contributed by atoms with Gasteiger partial charge in [-0.15, -0.1) is 11.3 Å². The molecule has 30 heavy (non-hydrogen) atoms. The number of hydrogen-bond donors (Lipinski definition) is 2. The highest BCUT2D eigenvalue weighted by Gasteiger charge is 2.31. The van der Waals surface area contributed by atoms with Crippen LogP contribution >= 0.6 is 11.3 Å². The Labute approximate surface area is 181 Å². The Bertz CT molecular complexity index is 1060. The van der Waals surface area contributed by atoms with E-state index in [4.69, 9.17) is 9.47 Å². The van der Waals surface area contributed by atoms with Crippen molar-refractivity contribution in [2.24, 2.45) is 5.92 Å². The molecule has 2 N–H and O–H groups in total. The predicted molar refractivity (Wildman–Crippen MR) is 121 cm³/mol. The summed E-state index contributed by atoms with van der Waals surface area (Å²) in [5.41, 5.74) is 4.69. The minimum Gasteiger partial charge on any atom is -0.492 e. The van der Waals surface area contributed by atoms with Gasteiger partial charge in [0.05, 0.1) is 42.6 Å². The maximum atomic E-state index is 12.2. The highest BCUT2D eigenvalue weighted by Crippen LogP contribution is 2.41. The summed E-state index contributed by atoms with van der Waals surface area (Å²) in [6.45, 7) is 9.28. The van der Waals surface area contributed by atoms with Gasteiger partial charge in [-0.3, -0.25) is 9.89 Å². The minimum atomic E-state index is -0.0586. The molecule has 0 saturated heterocycles. The van der Waals surface area contributed by atoms with E-state index in [-0.39, 0.29) is 17.9 Å². The predicted octanol–water partition coefficient (Wildman–Crippen LogP) is 5.17. The van der Waals surface area contributed by atoms with Crippen LogP contribution in [0.25, 0.3) is 10.9 Å². The van der Waals surface area contributed by atoms with Gasteiger partial charge >= 0.3 is 5.97 Å². The van der Waals surface area contributed by atoms with Gasteiger partial charge in [0.15, 0.2) is 0 Å². The molecule has 2 heterocycles. The summed E-state index contributed by atoms with van der Waals surface area (Å²) in [4.78, 5) is 14.8. The first-order chi connectivity index (χ1) is 14.5. The molecule has 1 aromatic carbocycles. The number of hydrogen-bond acceptors (Lipinski definition) is 6. The Morgan fingerprint density at radius 2 is 2.20 bits per heavy atom. The average Bonchev–Trinajstić information content (AvgIpc) is 3.30. The third-order valence-electron chi connectivity index (χ3n) is 5.76. The SMILES string of the molecule is CCOC(=O)C1CCc2c(sc(C)c2C(C)Nc2cc3cn[nH]c3cc2OCC)C1. The summed E-state index contributed by atoms with van der Waals surface area (Å²) >= 11 is 1.82. The lowest BCUT2D eigenvalue weighted by Crippen LogP contribution is -2.24. The molecule has 4 rings (SSSR count). The van der Waals surface area contributed by atoms with Gasteiger partial charge < -0.3 is 14.8 Å². The lowest BCUT2D eigenvalue weighted by Gasteiger charge is -2.24. The van der Waals surface area contributed by atoms with Gasteiger partial charge in [0.1, 0.15) is 5.75 Å². The van der Waals surface area contributed by atoms with Crippen molar-refractivity contribution in [2.75, 3.05) is 18.5 Å². The molecular weight excluding hydrogens is 398 g/mol. The van der Waals surface area contributed by atoms with Crippen molar-refractivity contribution in [3.63, 3.8) is 0 Å². The molecule has 6 nitrogen and oxygen atoms in total. The van der Waals surface area contributed by atoms with Gasteiger partial charge in [0.25, 0.3) is 0 Å². The van der Waals surface area contributed by atoms with E-state index < -0.39 is 0 Å². The molecule has 0 amide bonds. The summed E-state index contributed by atoms with van der Waals surface area (Å²) in [6.07, 6.45) is 4.39. The summed E-state index contributed by atoms with van der Waals surface area (Å²) in [5.74, 6) is 0.751. The molecular formula is C23H29N3O3S. The molecule has 7 heteroatoms. The Morgan fingerprint density at radius 1 is 1.37 bits per heavy atom. The Kier molecular flexibility index (Phi) is 5.99. The minimum absolute atomic E-state index is 0.0142. The van der Waals surface area contributed by atoms with E-state index in [1.807, 2.05) is 37.4 Å². The second-order valence-electron chi connectivity index (χ2n) is 7.77. The number of nitrogens with one attached hydrogen (secondary N) is 2. The number of ether oxygens (including phenoxy) is 2. The number of carbonyl (C=O) groups excluding carboxylic acids is 1. The van der Waals surface area contributed by atoms with Crippen LogP contribution in [0.3, 0.4) is 0 Å². The van der Waals surface area contributed by atoms with Crippen LogP contribution in [0.15, 0.2) is 18.3 Å². The third kappa shape index (κ3) is 3.90. The number of aromatic nitrogens is 2. The fraction of sp³-hybridized carbons (Fsp3) is 0.478. The number of H-pyrrole nitrogens is 1. The fourth-order valence-electron chi connectivity index (χ4n) is 4.44. The van der Waals surface area contributed by atoms with E-state index in [0.717, 1.165) is 41.6 Å². The number of fused-ring (bicyclic) bond motifs is 2. The number of carbonyl (C=O) groups is 1. The van der Waals surface area contributed by atoms with Crippen molar-refractivity contribution < 1.29 is 14.3 Å². The van der Waals surface area contributed by atoms with E-state index in [2.05, 4.69) is 35.4 Å². The Balaban J connectivity index is 1.59. The molecule has 0 aliphatic heterocycles. The molecule has 3 aromatic rings. The van der Waals surface area contributed by atoms with Crippen LogP contribution in [0.2, 0.25) is 0 Å². The van der Waals surface area contributed by atoms with E-state index in [9.17, 15) is 4.79 Å². The molecule has 1 aliphatic carbocycles. The molecule has 0 radical (unpaired) electrons. The van der Waals surface area contributed by atoms with Crippen molar-refractivity contribution in [3.05, 3.63) is 39.2 Å². The van der Waals surface area contributed by atoms with Crippen LogP contribution in [0, 0.1) is 12.8 Å². The third-order valence-corrected chi connectivity index (χ3v) is 6.94. The number of thiophene rings is 1. The summed E-state index contributed by atoms with van der Waals surface area (Å²) in [6, 6.07) is 4.22. The van der Waals surface area contributed by atoms with Gasteiger partial charge in [-0.05, 0) is 64.2 Å². The van der Waals surface area contributed by atoms with Gasteiger partial charge in [0.2, 0.25) is 0 Å². The normalized spacial score (nSPS) is 16.9. The second kappa shape index (κ2) is 8.68. The topological polar surface area (TPSA) is 76.2 Å². The monoisotopic (exact) mass is 427 g/mol. The standard InChI is InChI=1S/C23H29N3O3S/c1-5-28-20-11-18-16(12-24-26-18)9-19(20)25-13(3)22-14(4)30-21-10-15(7-8-17(21)22)23(27)29-6-2/h9,11-13,15,25H,5-8,10H2,1-4H3,(H,24,26). The molecule has 2 unspecified atom stereocenters. The van der Waals surface area contributed by atoms with Gasteiger partial charge in [-0.25, -0.2) is 0 Å². The molecule has 2 aromatic heterocycles. The lowest BCUT2D eigenvalue weighted by molar-refractivity contribution is -0.148. The highest BCUT2D eigenvalue weighted by atomic mass is 32.1. The van der Waals surface area contributed by atoms with Crippen LogP contribution in [0.1, 0.15) is 54.1 Å². The Morgan fingerprint density at radius 3 is 2.97 bits per heavy atom. The first kappa shape index (κ1) is 20.7. The van der Waals surface area contributed by atoms with Crippen LogP contribution in [0.5, 0.6) is 5.75 Å². The maximum Gasteiger partial charge on any atom is 0.309 e. The smallest absolute Gasteiger partial charge is 0.309 e. The zero-order chi connectivity index (χ0) is 21.3. The van der Waals surface area contributed by atoms with Crippen molar-refractivity contribution in [1.82, 2.24) is 10.2 Å². The van der Waals surface area contributed by atoms with Gasteiger partial charge in [-0.2, -0.15) is 5.10 Å². The lowest BCUT2D eigenvalue weighted by atomic mass is 9.85. The van der Waals surface area contributed by atoms with Gasteiger partial charge in [0, 0.05) is 21.2 Å². The van der Waals surface area contributed by atoms with Crippen LogP contribution in [-0.2, 0) is 22.4 Å². The number of aryl methyl sites for hydroxylation is 1. The number of anilines is 1. The zero-order valence-corrected chi connectivity index (χ0v) is 18.8. The van der Waals surface area contributed by atoms with Gasteiger partial charge in [-0.1, -0.05) is 0 Å². The number of esters is 1. The zero-order valence-electron chi connectivity index (χ0n) is 18.0. The highest BCUT2D eigenvalue weighted by molar-refractivity contribution is 7.12. The number of benzene rings is 1. The number of nitrogens with zero attached hydrogens (tertiary/aromatic N) is 1. The number of rotatable bonds is 7. The quantitative estimate of drug-likeness (QED) is 0.509. The Hall–Kier alpha value is -2.54. The molecule has 0 spiro atoms. The van der Waals surface area contributed by atoms with Crippen LogP contribution < -0.4 is 10.1 Å². The first-order valence-corrected chi connectivity index (χ1v) is 11.5. The van der Waals surface area contributed by atoms with Crippen molar-refractivity contribution in [2.45, 2.75) is 53.0 Å². The van der Waals surface area contributed by atoms with Crippen molar-refractivity contribution >= 4 is 33.9 Å². The summed E-state index contributed by atoms with van der Waals surface area (Å²) in [5, 5.41) is 11.9. The van der Waals surface area contributed by atoms with Crippen LogP contribution in [-0.4, -0.2) is 29.4 Å². The van der Waals surface area contributed by atoms with Crippen LogP contribution in [0.4, 0.5) is 5.69 Å². The van der Waals surface area contributed by atoms with E-state index in [0.29, 0.717) is 13.2 Å². The first-order valence-electron chi connectivity index (χ1n) is 10.7. The molecule has 160 valence electrons. The van der Waals surface area contributed by atoms with Crippen molar-refractivity contribution in [1.29, 1.82) is 0 Å². The number of aromatic amines is 1. The molecule has 0 bridgehead atoms. The summed E-state index contributed by atoms with van der Waals surface area (Å²) in [7, 11) is 0. The molecule has 2 atom stereocenters.